The van der Waals surface area contributed by atoms with Crippen molar-refractivity contribution in [2.75, 3.05) is 13.1 Å². The minimum atomic E-state index is -0.460. The van der Waals surface area contributed by atoms with Gasteiger partial charge in [0, 0.05) is 37.3 Å². The largest absolute Gasteiger partial charge is 0.338 e. The lowest BCUT2D eigenvalue weighted by molar-refractivity contribution is -0.384. The van der Waals surface area contributed by atoms with Crippen molar-refractivity contribution in [2.24, 2.45) is 5.73 Å². The molecule has 19 heavy (non-hydrogen) atoms. The Labute approximate surface area is 110 Å². The number of hydrogen-bond donors (Lipinski definition) is 1. The molecule has 1 amide bonds. The first-order valence-electron chi connectivity index (χ1n) is 6.03. The Balaban J connectivity index is 2.04. The number of nitrogens with two attached hydrogens (primary N) is 1. The highest BCUT2D eigenvalue weighted by Crippen LogP contribution is 2.14. The van der Waals surface area contributed by atoms with E-state index in [0.717, 1.165) is 6.42 Å². The van der Waals surface area contributed by atoms with Crippen molar-refractivity contribution in [3.8, 4) is 0 Å². The first-order chi connectivity index (χ1) is 9.06. The van der Waals surface area contributed by atoms with Gasteiger partial charge in [-0.1, -0.05) is 12.1 Å². The molecule has 0 saturated carbocycles. The molecular weight excluding hydrogens is 246 g/mol. The van der Waals surface area contributed by atoms with Crippen LogP contribution in [0.2, 0.25) is 0 Å². The first kappa shape index (κ1) is 13.2. The molecule has 1 aliphatic rings. The lowest BCUT2D eigenvalue weighted by Gasteiger charge is -2.12. The average molecular weight is 261 g/mol. The molecule has 6 nitrogen and oxygen atoms in total. The predicted octanol–water partition coefficient (Wildman–Crippen LogP) is 1.17. The molecule has 2 rings (SSSR count). The Bertz CT molecular complexity index is 528. The molecule has 0 aliphatic carbocycles. The number of benzene rings is 1. The van der Waals surface area contributed by atoms with E-state index in [0.29, 0.717) is 18.7 Å². The fourth-order valence-electron chi connectivity index (χ4n) is 2.00. The second-order valence-corrected chi connectivity index (χ2v) is 4.52. The highest BCUT2D eigenvalue weighted by molar-refractivity contribution is 5.92. The Hall–Kier alpha value is -2.21. The van der Waals surface area contributed by atoms with E-state index in [4.69, 9.17) is 5.73 Å². The van der Waals surface area contributed by atoms with Gasteiger partial charge in [-0.15, -0.1) is 0 Å². The van der Waals surface area contributed by atoms with Crippen molar-refractivity contribution in [3.63, 3.8) is 0 Å². The smallest absolute Gasteiger partial charge is 0.270 e. The second-order valence-electron chi connectivity index (χ2n) is 4.52. The first-order valence-corrected chi connectivity index (χ1v) is 6.03. The molecule has 6 heteroatoms. The third-order valence-electron chi connectivity index (χ3n) is 3.04. The van der Waals surface area contributed by atoms with E-state index in [9.17, 15) is 14.9 Å². The minimum absolute atomic E-state index is 0.0118. The number of non-ortho nitro benzene ring substituents is 1. The number of nitro benzene ring substituents is 1. The van der Waals surface area contributed by atoms with E-state index in [1.54, 1.807) is 23.1 Å². The fourth-order valence-corrected chi connectivity index (χ4v) is 2.00. The zero-order valence-electron chi connectivity index (χ0n) is 10.4. The van der Waals surface area contributed by atoms with E-state index in [1.165, 1.54) is 18.2 Å². The summed E-state index contributed by atoms with van der Waals surface area (Å²) in [5.41, 5.74) is 6.37. The Morgan fingerprint density at radius 1 is 1.53 bits per heavy atom. The quantitative estimate of drug-likeness (QED) is 0.502. The van der Waals surface area contributed by atoms with Crippen LogP contribution in [0.5, 0.6) is 0 Å². The lowest BCUT2D eigenvalue weighted by atomic mass is 10.2. The van der Waals surface area contributed by atoms with Gasteiger partial charge < -0.3 is 10.6 Å². The van der Waals surface area contributed by atoms with Gasteiger partial charge >= 0.3 is 0 Å². The molecule has 2 N–H and O–H groups in total. The molecule has 0 spiro atoms. The molecule has 1 aromatic rings. The van der Waals surface area contributed by atoms with Crippen LogP contribution in [0.3, 0.4) is 0 Å². The third kappa shape index (κ3) is 3.38. The molecule has 0 radical (unpaired) electrons. The maximum absolute atomic E-state index is 11.8. The van der Waals surface area contributed by atoms with Crippen LogP contribution in [-0.2, 0) is 4.79 Å². The SMILES string of the molecule is N[C@H]1CCN(C(=O)/C=C/c2cccc([N+](=O)[O-])c2)C1. The van der Waals surface area contributed by atoms with Crippen molar-refractivity contribution >= 4 is 17.7 Å². The lowest BCUT2D eigenvalue weighted by Crippen LogP contribution is -2.30. The van der Waals surface area contributed by atoms with Crippen molar-refractivity contribution in [1.29, 1.82) is 0 Å². The summed E-state index contributed by atoms with van der Waals surface area (Å²) in [4.78, 5) is 23.7. The number of rotatable bonds is 3. The highest BCUT2D eigenvalue weighted by Gasteiger charge is 2.21. The summed E-state index contributed by atoms with van der Waals surface area (Å²) >= 11 is 0. The van der Waals surface area contributed by atoms with Gasteiger partial charge in [0.25, 0.3) is 5.69 Å². The van der Waals surface area contributed by atoms with Crippen LogP contribution >= 0.6 is 0 Å². The zero-order valence-corrected chi connectivity index (χ0v) is 10.4. The van der Waals surface area contributed by atoms with E-state index < -0.39 is 4.92 Å². The maximum atomic E-state index is 11.8. The van der Waals surface area contributed by atoms with Crippen LogP contribution in [0.25, 0.3) is 6.08 Å². The zero-order chi connectivity index (χ0) is 13.8. The van der Waals surface area contributed by atoms with Gasteiger partial charge in [-0.2, -0.15) is 0 Å². The standard InChI is InChI=1S/C13H15N3O3/c14-11-6-7-15(9-11)13(17)5-4-10-2-1-3-12(8-10)16(18)19/h1-5,8,11H,6-7,9,14H2/b5-4+/t11-/m0/s1. The van der Waals surface area contributed by atoms with Gasteiger partial charge in [0.1, 0.15) is 0 Å². The number of hydrogen-bond acceptors (Lipinski definition) is 4. The van der Waals surface area contributed by atoms with Crippen LogP contribution in [0.1, 0.15) is 12.0 Å². The topological polar surface area (TPSA) is 89.5 Å². The Morgan fingerprint density at radius 2 is 2.32 bits per heavy atom. The minimum Gasteiger partial charge on any atom is -0.338 e. The average Bonchev–Trinajstić information content (AvgIpc) is 2.83. The predicted molar refractivity (Wildman–Crippen MR) is 71.3 cm³/mol. The summed E-state index contributed by atoms with van der Waals surface area (Å²) in [5.74, 6) is -0.112. The van der Waals surface area contributed by atoms with Crippen LogP contribution in [0, 0.1) is 10.1 Å². The molecule has 1 atom stereocenters. The van der Waals surface area contributed by atoms with Gasteiger partial charge in [-0.05, 0) is 18.1 Å². The van der Waals surface area contributed by atoms with Crippen LogP contribution < -0.4 is 5.73 Å². The summed E-state index contributed by atoms with van der Waals surface area (Å²) in [7, 11) is 0. The van der Waals surface area contributed by atoms with Gasteiger partial charge in [0.2, 0.25) is 5.91 Å². The van der Waals surface area contributed by atoms with E-state index in [1.807, 2.05) is 0 Å². The van der Waals surface area contributed by atoms with E-state index in [2.05, 4.69) is 0 Å². The van der Waals surface area contributed by atoms with Gasteiger partial charge in [0.15, 0.2) is 0 Å². The third-order valence-corrected chi connectivity index (χ3v) is 3.04. The van der Waals surface area contributed by atoms with Crippen LogP contribution in [0.4, 0.5) is 5.69 Å². The van der Waals surface area contributed by atoms with Crippen molar-refractivity contribution in [3.05, 3.63) is 46.0 Å². The summed E-state index contributed by atoms with van der Waals surface area (Å²) in [5, 5.41) is 10.6. The second kappa shape index (κ2) is 5.62. The number of nitrogens with zero attached hydrogens (tertiary/aromatic N) is 2. The normalized spacial score (nSPS) is 19.0. The summed E-state index contributed by atoms with van der Waals surface area (Å²) in [6, 6.07) is 6.20. The monoisotopic (exact) mass is 261 g/mol. The molecule has 1 saturated heterocycles. The number of nitro groups is 1. The molecule has 100 valence electrons. The van der Waals surface area contributed by atoms with Gasteiger partial charge in [0.05, 0.1) is 4.92 Å². The highest BCUT2D eigenvalue weighted by atomic mass is 16.6. The van der Waals surface area contributed by atoms with Gasteiger partial charge in [-0.3, -0.25) is 14.9 Å². The Kier molecular flexibility index (Phi) is 3.91. The number of carbonyl (C=O) groups excluding carboxylic acids is 1. The van der Waals surface area contributed by atoms with Crippen molar-refractivity contribution < 1.29 is 9.72 Å². The van der Waals surface area contributed by atoms with Crippen molar-refractivity contribution in [1.82, 2.24) is 4.90 Å². The van der Waals surface area contributed by atoms with E-state index in [-0.39, 0.29) is 17.6 Å². The van der Waals surface area contributed by atoms with Gasteiger partial charge in [-0.25, -0.2) is 0 Å². The van der Waals surface area contributed by atoms with E-state index >= 15 is 0 Å². The molecule has 0 aromatic heterocycles. The molecule has 0 unspecified atom stereocenters. The van der Waals surface area contributed by atoms with Crippen LogP contribution in [0.15, 0.2) is 30.3 Å². The maximum Gasteiger partial charge on any atom is 0.270 e. The number of carbonyl (C=O) groups is 1. The molecular formula is C13H15N3O3. The number of likely N-dealkylation sites (tertiary alicyclic amines) is 1. The molecule has 0 bridgehead atoms. The molecule has 1 fully saturated rings. The fraction of sp³-hybridized carbons (Fsp3) is 0.308. The van der Waals surface area contributed by atoms with Crippen molar-refractivity contribution in [2.45, 2.75) is 12.5 Å². The summed E-state index contributed by atoms with van der Waals surface area (Å²) in [6.07, 6.45) is 3.83. The number of amides is 1. The molecule has 1 aliphatic heterocycles. The summed E-state index contributed by atoms with van der Waals surface area (Å²) < 4.78 is 0. The summed E-state index contributed by atoms with van der Waals surface area (Å²) in [6.45, 7) is 1.23. The molecule has 1 aromatic carbocycles. The Morgan fingerprint density at radius 3 is 2.95 bits per heavy atom. The van der Waals surface area contributed by atoms with Crippen LogP contribution in [-0.4, -0.2) is 34.9 Å². The molecule has 1 heterocycles.